The lowest BCUT2D eigenvalue weighted by molar-refractivity contribution is -0.147. The largest absolute Gasteiger partial charge is 0.480 e. The molecule has 2 saturated heterocycles. The lowest BCUT2D eigenvalue weighted by Crippen LogP contribution is -2.43. The number of rotatable bonds is 4. The Hall–Kier alpha value is -1.38. The summed E-state index contributed by atoms with van der Waals surface area (Å²) >= 11 is 0. The molecule has 0 saturated carbocycles. The van der Waals surface area contributed by atoms with Crippen molar-refractivity contribution in [1.82, 2.24) is 4.90 Å². The summed E-state index contributed by atoms with van der Waals surface area (Å²) in [7, 11) is 0. The van der Waals surface area contributed by atoms with Gasteiger partial charge in [-0.3, -0.25) is 4.90 Å². The van der Waals surface area contributed by atoms with Crippen LogP contribution in [0.15, 0.2) is 0 Å². The number of carbonyl (C=O) groups excluding carboxylic acids is 1. The molecule has 0 aromatic heterocycles. The molecular formula is C16H27NO7. The van der Waals surface area contributed by atoms with Crippen molar-refractivity contribution in [1.29, 1.82) is 0 Å². The fraction of sp³-hybridized carbons (Fsp3) is 0.875. The summed E-state index contributed by atoms with van der Waals surface area (Å²) in [6.45, 7) is 9.78. The van der Waals surface area contributed by atoms with Crippen molar-refractivity contribution >= 4 is 12.1 Å². The Bertz CT molecular complexity index is 485. The summed E-state index contributed by atoms with van der Waals surface area (Å²) < 4.78 is 22.1. The first-order valence-electron chi connectivity index (χ1n) is 8.13. The van der Waals surface area contributed by atoms with Gasteiger partial charge in [0.25, 0.3) is 0 Å². The third-order valence-electron chi connectivity index (χ3n) is 3.76. The van der Waals surface area contributed by atoms with Crippen LogP contribution in [0.5, 0.6) is 0 Å². The topological polar surface area (TPSA) is 94.5 Å². The highest BCUT2D eigenvalue weighted by molar-refractivity contribution is 5.81. The second-order valence-electron chi connectivity index (χ2n) is 7.63. The predicted molar refractivity (Wildman–Crippen MR) is 83.6 cm³/mol. The summed E-state index contributed by atoms with van der Waals surface area (Å²) in [4.78, 5) is 24.8. The van der Waals surface area contributed by atoms with E-state index in [9.17, 15) is 14.7 Å². The molecule has 2 heterocycles. The van der Waals surface area contributed by atoms with Gasteiger partial charge in [0.05, 0.1) is 25.9 Å². The van der Waals surface area contributed by atoms with E-state index in [-0.39, 0.29) is 25.2 Å². The fourth-order valence-corrected chi connectivity index (χ4v) is 2.76. The quantitative estimate of drug-likeness (QED) is 0.827. The zero-order valence-corrected chi connectivity index (χ0v) is 14.9. The highest BCUT2D eigenvalue weighted by Crippen LogP contribution is 2.26. The van der Waals surface area contributed by atoms with Gasteiger partial charge < -0.3 is 24.1 Å². The molecule has 3 atom stereocenters. The first kappa shape index (κ1) is 19.0. The Balaban J connectivity index is 1.90. The first-order chi connectivity index (χ1) is 11.0. The molecule has 1 amide bonds. The van der Waals surface area contributed by atoms with Crippen LogP contribution in [0.2, 0.25) is 0 Å². The van der Waals surface area contributed by atoms with Crippen molar-refractivity contribution in [3.05, 3.63) is 0 Å². The van der Waals surface area contributed by atoms with Crippen LogP contribution in [0.4, 0.5) is 4.79 Å². The van der Waals surface area contributed by atoms with Gasteiger partial charge in [-0.05, 0) is 34.6 Å². The Kier molecular flexibility index (Phi) is 5.41. The molecule has 138 valence electrons. The van der Waals surface area contributed by atoms with E-state index in [2.05, 4.69) is 0 Å². The van der Waals surface area contributed by atoms with E-state index in [1.165, 1.54) is 4.90 Å². The third kappa shape index (κ3) is 5.06. The number of ether oxygens (including phenoxy) is 4. The standard InChI is InChI=1S/C16H27NO7/c1-15(2,3)24-14(20)17-7-10(6-12(17)13(18)19)21-8-11-9-22-16(4,5)23-11/h10-12H,6-9H2,1-5H3,(H,18,19)/t10-,11?,12-/m1/s1. The Morgan fingerprint density at radius 1 is 1.33 bits per heavy atom. The maximum absolute atomic E-state index is 12.2. The van der Waals surface area contributed by atoms with Crippen LogP contribution in [0.25, 0.3) is 0 Å². The molecule has 2 fully saturated rings. The van der Waals surface area contributed by atoms with Gasteiger partial charge in [0.15, 0.2) is 5.79 Å². The van der Waals surface area contributed by atoms with Crippen molar-refractivity contribution in [3.63, 3.8) is 0 Å². The van der Waals surface area contributed by atoms with Crippen molar-refractivity contribution < 1.29 is 33.6 Å². The number of carboxylic acid groups (broad SMARTS) is 1. The summed E-state index contributed by atoms with van der Waals surface area (Å²) in [5.74, 6) is -1.69. The maximum Gasteiger partial charge on any atom is 0.411 e. The zero-order chi connectivity index (χ0) is 18.1. The highest BCUT2D eigenvalue weighted by atomic mass is 16.7. The van der Waals surface area contributed by atoms with Crippen molar-refractivity contribution in [2.24, 2.45) is 0 Å². The molecule has 0 aromatic rings. The predicted octanol–water partition coefficient (Wildman–Crippen LogP) is 1.62. The van der Waals surface area contributed by atoms with E-state index in [0.29, 0.717) is 13.2 Å². The lowest BCUT2D eigenvalue weighted by Gasteiger charge is -2.26. The summed E-state index contributed by atoms with van der Waals surface area (Å²) in [6.07, 6.45) is -0.974. The van der Waals surface area contributed by atoms with Gasteiger partial charge in [-0.25, -0.2) is 9.59 Å². The average Bonchev–Trinajstić information content (AvgIpc) is 2.98. The van der Waals surface area contributed by atoms with E-state index < -0.39 is 29.5 Å². The number of likely N-dealkylation sites (tertiary alicyclic amines) is 1. The van der Waals surface area contributed by atoms with Crippen molar-refractivity contribution in [2.45, 2.75) is 70.7 Å². The maximum atomic E-state index is 12.2. The average molecular weight is 345 g/mol. The number of aliphatic carboxylic acids is 1. The molecule has 0 aliphatic carbocycles. The van der Waals surface area contributed by atoms with Crippen molar-refractivity contribution in [2.75, 3.05) is 19.8 Å². The van der Waals surface area contributed by atoms with Gasteiger partial charge in [0.2, 0.25) is 0 Å². The molecular weight excluding hydrogens is 318 g/mol. The molecule has 1 N–H and O–H groups in total. The van der Waals surface area contributed by atoms with E-state index in [0.717, 1.165) is 0 Å². The van der Waals surface area contributed by atoms with E-state index >= 15 is 0 Å². The van der Waals surface area contributed by atoms with Crippen LogP contribution < -0.4 is 0 Å². The minimum absolute atomic E-state index is 0.183. The van der Waals surface area contributed by atoms with Crippen LogP contribution in [-0.2, 0) is 23.7 Å². The van der Waals surface area contributed by atoms with Gasteiger partial charge in [0.1, 0.15) is 17.7 Å². The Labute approximate surface area is 142 Å². The minimum atomic E-state index is -1.06. The van der Waals surface area contributed by atoms with Gasteiger partial charge in [-0.1, -0.05) is 0 Å². The summed E-state index contributed by atoms with van der Waals surface area (Å²) in [5, 5.41) is 9.35. The monoisotopic (exact) mass is 345 g/mol. The zero-order valence-electron chi connectivity index (χ0n) is 14.9. The van der Waals surface area contributed by atoms with E-state index in [1.54, 1.807) is 20.8 Å². The van der Waals surface area contributed by atoms with Crippen LogP contribution in [0.3, 0.4) is 0 Å². The second-order valence-corrected chi connectivity index (χ2v) is 7.63. The molecule has 2 rings (SSSR count). The third-order valence-corrected chi connectivity index (χ3v) is 3.76. The smallest absolute Gasteiger partial charge is 0.411 e. The number of carbonyl (C=O) groups is 2. The molecule has 0 aromatic carbocycles. The number of hydrogen-bond acceptors (Lipinski definition) is 6. The molecule has 0 spiro atoms. The number of amides is 1. The normalized spacial score (nSPS) is 29.7. The Morgan fingerprint density at radius 2 is 2.00 bits per heavy atom. The number of hydrogen-bond donors (Lipinski definition) is 1. The van der Waals surface area contributed by atoms with E-state index in [4.69, 9.17) is 18.9 Å². The van der Waals surface area contributed by atoms with Gasteiger partial charge >= 0.3 is 12.1 Å². The highest BCUT2D eigenvalue weighted by Gasteiger charge is 2.43. The molecule has 8 heteroatoms. The summed E-state index contributed by atoms with van der Waals surface area (Å²) in [5.41, 5.74) is -0.681. The molecule has 1 unspecified atom stereocenters. The Morgan fingerprint density at radius 3 is 2.50 bits per heavy atom. The van der Waals surface area contributed by atoms with Gasteiger partial charge in [0, 0.05) is 6.42 Å². The van der Waals surface area contributed by atoms with Crippen LogP contribution in [0, 0.1) is 0 Å². The molecule has 0 bridgehead atoms. The first-order valence-corrected chi connectivity index (χ1v) is 8.13. The lowest BCUT2D eigenvalue weighted by atomic mass is 10.2. The minimum Gasteiger partial charge on any atom is -0.480 e. The molecule has 2 aliphatic rings. The van der Waals surface area contributed by atoms with Crippen LogP contribution >= 0.6 is 0 Å². The van der Waals surface area contributed by atoms with Gasteiger partial charge in [-0.15, -0.1) is 0 Å². The molecule has 24 heavy (non-hydrogen) atoms. The fourth-order valence-electron chi connectivity index (χ4n) is 2.76. The molecule has 8 nitrogen and oxygen atoms in total. The molecule has 0 radical (unpaired) electrons. The number of carboxylic acids is 1. The molecule has 2 aliphatic heterocycles. The SMILES string of the molecule is CC(C)(C)OC(=O)N1C[C@H](OCC2COC(C)(C)O2)C[C@@H]1C(=O)O. The van der Waals surface area contributed by atoms with Gasteiger partial charge in [-0.2, -0.15) is 0 Å². The van der Waals surface area contributed by atoms with Crippen LogP contribution in [0.1, 0.15) is 41.0 Å². The van der Waals surface area contributed by atoms with E-state index in [1.807, 2.05) is 13.8 Å². The summed E-state index contributed by atoms with van der Waals surface area (Å²) in [6, 6.07) is -0.943. The second kappa shape index (κ2) is 6.85. The van der Waals surface area contributed by atoms with Crippen LogP contribution in [-0.4, -0.2) is 71.5 Å². The van der Waals surface area contributed by atoms with Crippen molar-refractivity contribution in [3.8, 4) is 0 Å². The number of nitrogens with zero attached hydrogens (tertiary/aromatic N) is 1.